The topological polar surface area (TPSA) is 88.1 Å². The largest absolute Gasteiger partial charge is 0.493 e. The summed E-state index contributed by atoms with van der Waals surface area (Å²) in [4.78, 5) is 23.9. The van der Waals surface area contributed by atoms with Crippen LogP contribution >= 0.6 is 0 Å². The van der Waals surface area contributed by atoms with E-state index in [1.165, 1.54) is 4.90 Å². The first-order valence-electron chi connectivity index (χ1n) is 8.54. The van der Waals surface area contributed by atoms with Gasteiger partial charge in [0.2, 0.25) is 0 Å². The maximum Gasteiger partial charge on any atom is 0.317 e. The van der Waals surface area contributed by atoms with E-state index >= 15 is 0 Å². The Morgan fingerprint density at radius 3 is 2.48 bits per heavy atom. The molecular weight excluding hydrogens is 348 g/mol. The Balaban J connectivity index is 1.91. The second kappa shape index (κ2) is 10.1. The molecule has 144 valence electrons. The van der Waals surface area contributed by atoms with Crippen LogP contribution in [-0.4, -0.2) is 42.7 Å². The van der Waals surface area contributed by atoms with Gasteiger partial charge in [0.1, 0.15) is 6.61 Å². The lowest BCUT2D eigenvalue weighted by molar-refractivity contribution is -0.137. The molecule has 0 aromatic heterocycles. The number of methoxy groups -OCH3 is 1. The normalized spacial score (nSPS) is 10.1. The summed E-state index contributed by atoms with van der Waals surface area (Å²) in [7, 11) is 3.12. The number of ether oxygens (including phenoxy) is 2. The van der Waals surface area contributed by atoms with E-state index < -0.39 is 5.97 Å². The summed E-state index contributed by atoms with van der Waals surface area (Å²) in [5.41, 5.74) is 1.90. The molecule has 0 bridgehead atoms. The van der Waals surface area contributed by atoms with Gasteiger partial charge in [0.05, 0.1) is 13.5 Å². The zero-order valence-corrected chi connectivity index (χ0v) is 15.5. The number of hydrogen-bond donors (Lipinski definition) is 2. The second-order valence-electron chi connectivity index (χ2n) is 5.98. The SMILES string of the molecule is COc1cc(CNC(=O)N(C)CCC(=O)O)ccc1OCc1ccccc1. The predicted octanol–water partition coefficient (Wildman–Crippen LogP) is 2.89. The summed E-state index contributed by atoms with van der Waals surface area (Å²) in [5.74, 6) is 0.261. The van der Waals surface area contributed by atoms with E-state index in [9.17, 15) is 9.59 Å². The van der Waals surface area contributed by atoms with Crippen LogP contribution in [0.4, 0.5) is 4.79 Å². The van der Waals surface area contributed by atoms with Crippen molar-refractivity contribution in [2.75, 3.05) is 20.7 Å². The maximum atomic E-state index is 12.0. The molecule has 0 saturated carbocycles. The molecule has 7 heteroatoms. The Morgan fingerprint density at radius 2 is 1.81 bits per heavy atom. The lowest BCUT2D eigenvalue weighted by Crippen LogP contribution is -2.37. The molecule has 27 heavy (non-hydrogen) atoms. The summed E-state index contributed by atoms with van der Waals surface area (Å²) in [6.07, 6.45) is -0.0921. The van der Waals surface area contributed by atoms with Crippen LogP contribution in [0, 0.1) is 0 Å². The molecule has 0 aliphatic rings. The van der Waals surface area contributed by atoms with E-state index in [2.05, 4.69) is 5.32 Å². The Morgan fingerprint density at radius 1 is 1.07 bits per heavy atom. The molecule has 0 saturated heterocycles. The van der Waals surface area contributed by atoms with Crippen LogP contribution in [-0.2, 0) is 17.9 Å². The molecule has 2 rings (SSSR count). The second-order valence-corrected chi connectivity index (χ2v) is 5.98. The van der Waals surface area contributed by atoms with E-state index in [4.69, 9.17) is 14.6 Å². The van der Waals surface area contributed by atoms with Gasteiger partial charge in [-0.25, -0.2) is 4.79 Å². The van der Waals surface area contributed by atoms with E-state index in [1.54, 1.807) is 26.3 Å². The standard InChI is InChI=1S/C20H24N2O5/c1-22(11-10-19(23)24)20(25)21-13-16-8-9-17(18(12-16)26-2)27-14-15-6-4-3-5-7-15/h3-9,12H,10-11,13-14H2,1-2H3,(H,21,25)(H,23,24). The fourth-order valence-electron chi connectivity index (χ4n) is 2.35. The first kappa shape index (κ1) is 20.1. The Hall–Kier alpha value is -3.22. The predicted molar refractivity (Wildman–Crippen MR) is 101 cm³/mol. The number of nitrogens with one attached hydrogen (secondary N) is 1. The molecule has 0 radical (unpaired) electrons. The third-order valence-electron chi connectivity index (χ3n) is 3.92. The van der Waals surface area contributed by atoms with Crippen LogP contribution in [0.2, 0.25) is 0 Å². The average Bonchev–Trinajstić information content (AvgIpc) is 2.69. The van der Waals surface area contributed by atoms with Gasteiger partial charge in [-0.05, 0) is 23.3 Å². The Bertz CT molecular complexity index is 764. The van der Waals surface area contributed by atoms with Crippen LogP contribution in [0.5, 0.6) is 11.5 Å². The van der Waals surface area contributed by atoms with E-state index in [1.807, 2.05) is 36.4 Å². The number of nitrogens with zero attached hydrogens (tertiary/aromatic N) is 1. The van der Waals surface area contributed by atoms with Crippen LogP contribution < -0.4 is 14.8 Å². The van der Waals surface area contributed by atoms with Crippen molar-refractivity contribution in [2.45, 2.75) is 19.6 Å². The minimum absolute atomic E-state index is 0.0921. The Kier molecular flexibility index (Phi) is 7.49. The van der Waals surface area contributed by atoms with Gasteiger partial charge < -0.3 is 24.8 Å². The molecule has 2 amide bonds. The highest BCUT2D eigenvalue weighted by Crippen LogP contribution is 2.28. The molecule has 2 N–H and O–H groups in total. The van der Waals surface area contributed by atoms with Crippen LogP contribution in [0.1, 0.15) is 17.5 Å². The molecule has 7 nitrogen and oxygen atoms in total. The summed E-state index contributed by atoms with van der Waals surface area (Å²) < 4.78 is 11.2. The maximum absolute atomic E-state index is 12.0. The monoisotopic (exact) mass is 372 g/mol. The minimum atomic E-state index is -0.939. The lowest BCUT2D eigenvalue weighted by Gasteiger charge is -2.17. The van der Waals surface area contributed by atoms with Gasteiger partial charge >= 0.3 is 12.0 Å². The highest BCUT2D eigenvalue weighted by molar-refractivity contribution is 5.75. The van der Waals surface area contributed by atoms with Crippen molar-refractivity contribution in [1.29, 1.82) is 0 Å². The number of carbonyl (C=O) groups is 2. The minimum Gasteiger partial charge on any atom is -0.493 e. The first-order valence-corrected chi connectivity index (χ1v) is 8.54. The number of amides is 2. The van der Waals surface area contributed by atoms with Gasteiger partial charge in [0.25, 0.3) is 0 Å². The molecular formula is C20H24N2O5. The summed E-state index contributed by atoms with van der Waals surface area (Å²) in [5, 5.41) is 11.4. The van der Waals surface area contributed by atoms with E-state index in [-0.39, 0.29) is 19.0 Å². The zero-order valence-electron chi connectivity index (χ0n) is 15.5. The highest BCUT2D eigenvalue weighted by atomic mass is 16.5. The van der Waals surface area contributed by atoms with Crippen molar-refractivity contribution in [3.05, 3.63) is 59.7 Å². The quantitative estimate of drug-likeness (QED) is 0.707. The van der Waals surface area contributed by atoms with E-state index in [0.717, 1.165) is 11.1 Å². The zero-order chi connectivity index (χ0) is 19.6. The molecule has 0 spiro atoms. The fourth-order valence-corrected chi connectivity index (χ4v) is 2.35. The van der Waals surface area contributed by atoms with Crippen LogP contribution in [0.15, 0.2) is 48.5 Å². The van der Waals surface area contributed by atoms with Gasteiger partial charge in [0, 0.05) is 20.1 Å². The molecule has 0 unspecified atom stereocenters. The Labute approximate surface area is 158 Å². The van der Waals surface area contributed by atoms with Gasteiger partial charge in [-0.1, -0.05) is 36.4 Å². The molecule has 0 heterocycles. The van der Waals surface area contributed by atoms with Gasteiger partial charge in [-0.15, -0.1) is 0 Å². The van der Waals surface area contributed by atoms with E-state index in [0.29, 0.717) is 24.7 Å². The van der Waals surface area contributed by atoms with Crippen molar-refractivity contribution in [2.24, 2.45) is 0 Å². The molecule has 2 aromatic rings. The lowest BCUT2D eigenvalue weighted by atomic mass is 10.2. The molecule has 0 fully saturated rings. The molecule has 2 aromatic carbocycles. The number of carboxylic acid groups (broad SMARTS) is 1. The van der Waals surface area contributed by atoms with Gasteiger partial charge in [0.15, 0.2) is 11.5 Å². The number of urea groups is 1. The van der Waals surface area contributed by atoms with Crippen molar-refractivity contribution in [1.82, 2.24) is 10.2 Å². The third-order valence-corrected chi connectivity index (χ3v) is 3.92. The first-order chi connectivity index (χ1) is 13.0. The van der Waals surface area contributed by atoms with Crippen molar-refractivity contribution in [3.63, 3.8) is 0 Å². The number of carbonyl (C=O) groups excluding carboxylic acids is 1. The average molecular weight is 372 g/mol. The number of benzene rings is 2. The number of carboxylic acids is 1. The molecule has 0 atom stereocenters. The van der Waals surface area contributed by atoms with Crippen LogP contribution in [0.3, 0.4) is 0 Å². The molecule has 0 aliphatic heterocycles. The smallest absolute Gasteiger partial charge is 0.317 e. The number of aliphatic carboxylic acids is 1. The number of hydrogen-bond acceptors (Lipinski definition) is 4. The van der Waals surface area contributed by atoms with Gasteiger partial charge in [-0.3, -0.25) is 4.79 Å². The fraction of sp³-hybridized carbons (Fsp3) is 0.300. The molecule has 0 aliphatic carbocycles. The van der Waals surface area contributed by atoms with Crippen LogP contribution in [0.25, 0.3) is 0 Å². The summed E-state index contributed by atoms with van der Waals surface area (Å²) >= 11 is 0. The van der Waals surface area contributed by atoms with Crippen molar-refractivity contribution < 1.29 is 24.2 Å². The highest BCUT2D eigenvalue weighted by Gasteiger charge is 2.11. The van der Waals surface area contributed by atoms with Crippen molar-refractivity contribution in [3.8, 4) is 11.5 Å². The van der Waals surface area contributed by atoms with Crippen molar-refractivity contribution >= 4 is 12.0 Å². The summed E-state index contributed by atoms with van der Waals surface area (Å²) in [6.45, 7) is 0.879. The van der Waals surface area contributed by atoms with Gasteiger partial charge in [-0.2, -0.15) is 0 Å². The third kappa shape index (κ3) is 6.54. The number of rotatable bonds is 9. The summed E-state index contributed by atoms with van der Waals surface area (Å²) in [6, 6.07) is 14.9.